The molecule has 0 atom stereocenters. The molecule has 0 spiro atoms. The van der Waals surface area contributed by atoms with Gasteiger partial charge in [-0.05, 0) is 43.2 Å². The molecule has 0 unspecified atom stereocenters. The van der Waals surface area contributed by atoms with Crippen LogP contribution >= 0.6 is 0 Å². The van der Waals surface area contributed by atoms with E-state index in [1.165, 1.54) is 5.56 Å². The Morgan fingerprint density at radius 1 is 1.00 bits per heavy atom. The van der Waals surface area contributed by atoms with Crippen molar-refractivity contribution in [3.8, 4) is 0 Å². The van der Waals surface area contributed by atoms with Gasteiger partial charge in [-0.15, -0.1) is 0 Å². The van der Waals surface area contributed by atoms with Crippen LogP contribution in [0.1, 0.15) is 29.3 Å². The molecular weight excluding hydrogens is 360 g/mol. The number of piperazine rings is 1. The van der Waals surface area contributed by atoms with Crippen LogP contribution in [0, 0.1) is 6.92 Å². The molecule has 5 nitrogen and oxygen atoms in total. The van der Waals surface area contributed by atoms with Crippen molar-refractivity contribution in [2.75, 3.05) is 36.8 Å². The molecule has 144 valence electrons. The average Bonchev–Trinajstić information content (AvgIpc) is 2.67. The predicted molar refractivity (Wildman–Crippen MR) is 108 cm³/mol. The first kappa shape index (κ1) is 19.4. The second kappa shape index (κ2) is 8.13. The van der Waals surface area contributed by atoms with E-state index in [4.69, 9.17) is 0 Å². The lowest BCUT2D eigenvalue weighted by Gasteiger charge is -2.36. The first-order valence-corrected chi connectivity index (χ1v) is 11.0. The highest BCUT2D eigenvalue weighted by Crippen LogP contribution is 2.22. The molecule has 2 aromatic rings. The summed E-state index contributed by atoms with van der Waals surface area (Å²) in [6.45, 7) is 6.52. The molecule has 0 aromatic heterocycles. The summed E-state index contributed by atoms with van der Waals surface area (Å²) < 4.78 is 25.1. The highest BCUT2D eigenvalue weighted by atomic mass is 32.2. The second-order valence-electron chi connectivity index (χ2n) is 6.93. The van der Waals surface area contributed by atoms with Gasteiger partial charge in [0, 0.05) is 31.9 Å². The van der Waals surface area contributed by atoms with Gasteiger partial charge in [0.1, 0.15) is 0 Å². The van der Waals surface area contributed by atoms with Gasteiger partial charge in [-0.25, -0.2) is 8.42 Å². The number of hydrogen-bond donors (Lipinski definition) is 0. The summed E-state index contributed by atoms with van der Waals surface area (Å²) >= 11 is 0. The fourth-order valence-corrected chi connectivity index (χ4v) is 4.99. The Morgan fingerprint density at radius 3 is 2.37 bits per heavy atom. The monoisotopic (exact) mass is 386 g/mol. The van der Waals surface area contributed by atoms with Crippen molar-refractivity contribution in [2.45, 2.75) is 25.2 Å². The van der Waals surface area contributed by atoms with Crippen molar-refractivity contribution in [2.24, 2.45) is 0 Å². The van der Waals surface area contributed by atoms with Gasteiger partial charge in [-0.1, -0.05) is 31.2 Å². The van der Waals surface area contributed by atoms with Gasteiger partial charge < -0.3 is 9.80 Å². The lowest BCUT2D eigenvalue weighted by Crippen LogP contribution is -2.49. The number of aryl methyl sites for hydroxylation is 1. The Labute approximate surface area is 161 Å². The highest BCUT2D eigenvalue weighted by molar-refractivity contribution is 7.91. The van der Waals surface area contributed by atoms with Crippen LogP contribution in [0.2, 0.25) is 0 Å². The molecule has 1 aliphatic heterocycles. The standard InChI is InChI=1S/C21H26N2O3S/c1-3-15-27(25,26)20-10-5-4-9-19(20)21(24)23-13-11-22(12-14-23)18-8-6-7-17(2)16-18/h4-10,16H,3,11-15H2,1-2H3. The molecule has 0 saturated carbocycles. The van der Waals surface area contributed by atoms with Crippen LogP contribution in [0.15, 0.2) is 53.4 Å². The molecule has 1 saturated heterocycles. The fourth-order valence-electron chi connectivity index (χ4n) is 3.46. The van der Waals surface area contributed by atoms with Crippen LogP contribution in [-0.2, 0) is 9.84 Å². The van der Waals surface area contributed by atoms with Gasteiger partial charge in [0.15, 0.2) is 9.84 Å². The first-order chi connectivity index (χ1) is 12.9. The van der Waals surface area contributed by atoms with E-state index in [0.717, 1.165) is 18.8 Å². The van der Waals surface area contributed by atoms with E-state index in [1.54, 1.807) is 29.2 Å². The maximum absolute atomic E-state index is 13.0. The normalized spacial score (nSPS) is 15.0. The summed E-state index contributed by atoms with van der Waals surface area (Å²) in [5.74, 6) is -0.146. The number of carbonyl (C=O) groups is 1. The largest absolute Gasteiger partial charge is 0.368 e. The zero-order chi connectivity index (χ0) is 19.4. The second-order valence-corrected chi connectivity index (χ2v) is 9.01. The summed E-state index contributed by atoms with van der Waals surface area (Å²) in [7, 11) is -3.44. The predicted octanol–water partition coefficient (Wildman–Crippen LogP) is 3.14. The lowest BCUT2D eigenvalue weighted by atomic mass is 10.1. The minimum absolute atomic E-state index is 0.0540. The summed E-state index contributed by atoms with van der Waals surface area (Å²) in [5, 5.41) is 0. The molecule has 0 radical (unpaired) electrons. The minimum Gasteiger partial charge on any atom is -0.368 e. The van der Waals surface area contributed by atoms with Gasteiger partial charge in [-0.2, -0.15) is 0 Å². The number of carbonyl (C=O) groups excluding carboxylic acids is 1. The van der Waals surface area contributed by atoms with Crippen LogP contribution in [0.3, 0.4) is 0 Å². The van der Waals surface area contributed by atoms with Gasteiger partial charge in [0.25, 0.3) is 5.91 Å². The summed E-state index contributed by atoms with van der Waals surface area (Å²) in [6.07, 6.45) is 0.528. The van der Waals surface area contributed by atoms with E-state index in [-0.39, 0.29) is 22.1 Å². The van der Waals surface area contributed by atoms with Crippen LogP contribution in [0.25, 0.3) is 0 Å². The van der Waals surface area contributed by atoms with E-state index < -0.39 is 9.84 Å². The maximum atomic E-state index is 13.0. The number of hydrogen-bond acceptors (Lipinski definition) is 4. The lowest BCUT2D eigenvalue weighted by molar-refractivity contribution is 0.0743. The average molecular weight is 387 g/mol. The van der Waals surface area contributed by atoms with Gasteiger partial charge >= 0.3 is 0 Å². The van der Waals surface area contributed by atoms with Crippen LogP contribution in [0.4, 0.5) is 5.69 Å². The van der Waals surface area contributed by atoms with Crippen molar-refractivity contribution < 1.29 is 13.2 Å². The molecule has 0 bridgehead atoms. The first-order valence-electron chi connectivity index (χ1n) is 9.35. The molecule has 2 aromatic carbocycles. The Bertz CT molecular complexity index is 917. The molecule has 0 N–H and O–H groups in total. The smallest absolute Gasteiger partial charge is 0.255 e. The number of anilines is 1. The van der Waals surface area contributed by atoms with Gasteiger partial charge in [0.2, 0.25) is 0 Å². The number of sulfone groups is 1. The summed E-state index contributed by atoms with van der Waals surface area (Å²) in [6, 6.07) is 14.9. The molecule has 1 aliphatic rings. The van der Waals surface area contributed by atoms with Crippen LogP contribution < -0.4 is 4.90 Å². The zero-order valence-corrected chi connectivity index (χ0v) is 16.7. The van der Waals surface area contributed by atoms with Gasteiger partial charge in [-0.3, -0.25) is 4.79 Å². The Kier molecular flexibility index (Phi) is 5.85. The van der Waals surface area contributed by atoms with Crippen molar-refractivity contribution in [1.82, 2.24) is 4.90 Å². The zero-order valence-electron chi connectivity index (χ0n) is 15.9. The van der Waals surface area contributed by atoms with Crippen molar-refractivity contribution in [1.29, 1.82) is 0 Å². The van der Waals surface area contributed by atoms with E-state index >= 15 is 0 Å². The SMILES string of the molecule is CCCS(=O)(=O)c1ccccc1C(=O)N1CCN(c2cccc(C)c2)CC1. The third-order valence-electron chi connectivity index (χ3n) is 4.86. The molecule has 1 amide bonds. The fraction of sp³-hybridized carbons (Fsp3) is 0.381. The number of nitrogens with zero attached hydrogens (tertiary/aromatic N) is 2. The highest BCUT2D eigenvalue weighted by Gasteiger charge is 2.27. The van der Waals surface area contributed by atoms with E-state index in [2.05, 4.69) is 30.0 Å². The maximum Gasteiger partial charge on any atom is 0.255 e. The molecule has 1 heterocycles. The van der Waals surface area contributed by atoms with Crippen LogP contribution in [0.5, 0.6) is 0 Å². The van der Waals surface area contributed by atoms with Crippen molar-refractivity contribution in [3.63, 3.8) is 0 Å². The van der Waals surface area contributed by atoms with E-state index in [9.17, 15) is 13.2 Å². The van der Waals surface area contributed by atoms with Crippen molar-refractivity contribution in [3.05, 3.63) is 59.7 Å². The minimum atomic E-state index is -3.44. The Hall–Kier alpha value is -2.34. The summed E-state index contributed by atoms with van der Waals surface area (Å²) in [5.41, 5.74) is 2.66. The van der Waals surface area contributed by atoms with Crippen LogP contribution in [-0.4, -0.2) is 51.2 Å². The molecule has 6 heteroatoms. The number of benzene rings is 2. The molecule has 27 heavy (non-hydrogen) atoms. The quantitative estimate of drug-likeness (QED) is 0.792. The topological polar surface area (TPSA) is 57.7 Å². The molecular formula is C21H26N2O3S. The van der Waals surface area contributed by atoms with E-state index in [1.807, 2.05) is 13.0 Å². The Balaban J connectivity index is 1.75. The van der Waals surface area contributed by atoms with Crippen molar-refractivity contribution >= 4 is 21.4 Å². The molecule has 0 aliphatic carbocycles. The number of amides is 1. The molecule has 1 fully saturated rings. The third kappa shape index (κ3) is 4.33. The summed E-state index contributed by atoms with van der Waals surface area (Å²) in [4.78, 5) is 17.2. The number of rotatable bonds is 5. The third-order valence-corrected chi connectivity index (χ3v) is 6.83. The van der Waals surface area contributed by atoms with E-state index in [0.29, 0.717) is 19.5 Å². The Morgan fingerprint density at radius 2 is 1.70 bits per heavy atom. The molecule has 3 rings (SSSR count). The van der Waals surface area contributed by atoms with Gasteiger partial charge in [0.05, 0.1) is 16.2 Å².